The first-order valence-corrected chi connectivity index (χ1v) is 11.3. The lowest BCUT2D eigenvalue weighted by Crippen LogP contribution is -2.45. The van der Waals surface area contributed by atoms with Crippen molar-refractivity contribution in [3.8, 4) is 5.75 Å². The summed E-state index contributed by atoms with van der Waals surface area (Å²) in [5.74, 6) is 0.288. The average molecular weight is 450 g/mol. The fourth-order valence-corrected chi connectivity index (χ4v) is 6.03. The maximum Gasteiger partial charge on any atom is 0.249 e. The molecule has 2 heterocycles. The van der Waals surface area contributed by atoms with Crippen molar-refractivity contribution in [2.75, 3.05) is 7.11 Å². The van der Waals surface area contributed by atoms with Crippen molar-refractivity contribution < 1.29 is 18.3 Å². The number of fused-ring (bicyclic) bond motifs is 2. The third-order valence-corrected chi connectivity index (χ3v) is 7.65. The first kappa shape index (κ1) is 20.3. The van der Waals surface area contributed by atoms with Crippen LogP contribution in [0.4, 0.5) is 8.78 Å². The summed E-state index contributed by atoms with van der Waals surface area (Å²) in [5, 5.41) is 11.4. The molecular weight excluding hydrogens is 426 g/mol. The lowest BCUT2D eigenvalue weighted by molar-refractivity contribution is -0.148. The van der Waals surface area contributed by atoms with Crippen molar-refractivity contribution >= 4 is 23.0 Å². The minimum Gasteiger partial charge on any atom is -0.497 e. The van der Waals surface area contributed by atoms with Gasteiger partial charge in [0.2, 0.25) is 5.91 Å². The Bertz CT molecular complexity index is 1260. The molecule has 170 valence electrons. The lowest BCUT2D eigenvalue weighted by Gasteiger charge is -2.40. The van der Waals surface area contributed by atoms with Crippen molar-refractivity contribution in [1.29, 1.82) is 0 Å². The molecule has 1 aliphatic heterocycles. The summed E-state index contributed by atoms with van der Waals surface area (Å²) in [6, 6.07) is 8.87. The average Bonchev–Trinajstić information content (AvgIpc) is 3.54. The van der Waals surface area contributed by atoms with Gasteiger partial charge in [0.15, 0.2) is 0 Å². The number of carbonyl (C=O) groups is 1. The molecule has 3 aliphatic carbocycles. The number of hydrogen-bond acceptors (Lipinski definition) is 4. The zero-order chi connectivity index (χ0) is 22.7. The van der Waals surface area contributed by atoms with Gasteiger partial charge >= 0.3 is 0 Å². The maximum absolute atomic E-state index is 13.8. The molecule has 2 bridgehead atoms. The van der Waals surface area contributed by atoms with Crippen LogP contribution in [-0.4, -0.2) is 34.0 Å². The van der Waals surface area contributed by atoms with E-state index in [0.29, 0.717) is 23.8 Å². The van der Waals surface area contributed by atoms with Gasteiger partial charge < -0.3 is 4.74 Å². The lowest BCUT2D eigenvalue weighted by atomic mass is 9.68. The van der Waals surface area contributed by atoms with Crippen LogP contribution in [0.1, 0.15) is 37.3 Å². The number of rotatable bonds is 5. The predicted molar refractivity (Wildman–Crippen MR) is 119 cm³/mol. The van der Waals surface area contributed by atoms with Crippen LogP contribution in [0.25, 0.3) is 10.9 Å². The van der Waals surface area contributed by atoms with Gasteiger partial charge in [-0.15, -0.1) is 0 Å². The Hall–Kier alpha value is -3.29. The van der Waals surface area contributed by atoms with Gasteiger partial charge in [-0.3, -0.25) is 9.48 Å². The molecule has 4 aliphatic rings. The molecule has 0 radical (unpaired) electrons. The van der Waals surface area contributed by atoms with Gasteiger partial charge in [-0.2, -0.15) is 10.2 Å². The fourth-order valence-electron chi connectivity index (χ4n) is 6.03. The monoisotopic (exact) mass is 450 g/mol. The molecule has 3 saturated carbocycles. The summed E-state index contributed by atoms with van der Waals surface area (Å²) in [4.78, 5) is 13.6. The van der Waals surface area contributed by atoms with E-state index in [4.69, 9.17) is 4.74 Å². The summed E-state index contributed by atoms with van der Waals surface area (Å²) in [5.41, 5.74) is 1.02. The van der Waals surface area contributed by atoms with Crippen LogP contribution in [0.2, 0.25) is 0 Å². The Morgan fingerprint density at radius 2 is 1.94 bits per heavy atom. The van der Waals surface area contributed by atoms with Gasteiger partial charge in [-0.05, 0) is 60.9 Å². The molecule has 6 nitrogen and oxygen atoms in total. The second-order valence-electron chi connectivity index (χ2n) is 9.57. The van der Waals surface area contributed by atoms with Crippen molar-refractivity contribution in [1.82, 2.24) is 14.8 Å². The second-order valence-corrected chi connectivity index (χ2v) is 9.57. The van der Waals surface area contributed by atoms with E-state index >= 15 is 0 Å². The topological polar surface area (TPSA) is 59.7 Å². The molecule has 8 heteroatoms. The number of nitrogens with zero attached hydrogens (tertiary/aromatic N) is 4. The Labute approximate surface area is 189 Å². The van der Waals surface area contributed by atoms with Gasteiger partial charge in [0.1, 0.15) is 17.4 Å². The van der Waals surface area contributed by atoms with Gasteiger partial charge in [0, 0.05) is 36.7 Å². The van der Waals surface area contributed by atoms with Gasteiger partial charge in [0.25, 0.3) is 0 Å². The third-order valence-electron chi connectivity index (χ3n) is 7.65. The van der Waals surface area contributed by atoms with Crippen molar-refractivity contribution in [2.24, 2.45) is 22.4 Å². The van der Waals surface area contributed by atoms with Gasteiger partial charge in [-0.1, -0.05) is 0 Å². The molecule has 3 fully saturated rings. The summed E-state index contributed by atoms with van der Waals surface area (Å²) in [7, 11) is 1.65. The van der Waals surface area contributed by atoms with E-state index in [-0.39, 0.29) is 5.91 Å². The molecule has 0 saturated heterocycles. The number of methoxy groups -OCH3 is 1. The highest BCUT2D eigenvalue weighted by Gasteiger charge is 2.62. The highest BCUT2D eigenvalue weighted by Crippen LogP contribution is 2.63. The largest absolute Gasteiger partial charge is 0.497 e. The smallest absolute Gasteiger partial charge is 0.249 e. The Kier molecular flexibility index (Phi) is 4.54. The van der Waals surface area contributed by atoms with Gasteiger partial charge in [0.05, 0.1) is 30.3 Å². The van der Waals surface area contributed by atoms with E-state index in [1.54, 1.807) is 13.3 Å². The molecule has 2 aromatic carbocycles. The van der Waals surface area contributed by atoms with Crippen LogP contribution in [0.15, 0.2) is 47.7 Å². The van der Waals surface area contributed by atoms with E-state index < -0.39 is 23.1 Å². The SMILES string of the molecule is COc1ccc2cnn(CC3CC4(C(=O)N5N=CCC5c5cc(F)cc(F)c5)CC3C4)c2c1. The van der Waals surface area contributed by atoms with Crippen LogP contribution in [0, 0.1) is 28.9 Å². The number of halogens is 2. The first-order valence-electron chi connectivity index (χ1n) is 11.3. The van der Waals surface area contributed by atoms with Crippen molar-refractivity contribution in [2.45, 2.75) is 38.3 Å². The molecule has 33 heavy (non-hydrogen) atoms. The molecule has 3 aromatic rings. The van der Waals surface area contributed by atoms with Crippen LogP contribution in [0.5, 0.6) is 5.75 Å². The predicted octanol–water partition coefficient (Wildman–Crippen LogP) is 4.70. The van der Waals surface area contributed by atoms with Crippen LogP contribution in [0.3, 0.4) is 0 Å². The number of amides is 1. The Morgan fingerprint density at radius 1 is 1.15 bits per heavy atom. The standard InChI is InChI=1S/C25H24F2N4O2/c1-33-21-3-2-15-13-29-30(23(15)9-21)14-18-12-25(10-17(18)11-25)24(32)31-22(4-5-28-31)16-6-19(26)8-20(27)7-16/h2-3,5-9,13,17-18,22H,4,10-12,14H2,1H3. The zero-order valence-corrected chi connectivity index (χ0v) is 18.2. The molecule has 7 rings (SSSR count). The first-order chi connectivity index (χ1) is 16.0. The Morgan fingerprint density at radius 3 is 2.70 bits per heavy atom. The molecule has 0 N–H and O–H groups in total. The summed E-state index contributed by atoms with van der Waals surface area (Å²) in [6.45, 7) is 0.748. The van der Waals surface area contributed by atoms with E-state index in [1.807, 2.05) is 29.1 Å². The van der Waals surface area contributed by atoms with E-state index in [9.17, 15) is 13.6 Å². The Balaban J connectivity index is 1.20. The van der Waals surface area contributed by atoms with Crippen LogP contribution >= 0.6 is 0 Å². The number of hydrogen-bond donors (Lipinski definition) is 0. The fraction of sp³-hybridized carbons (Fsp3) is 0.400. The molecular formula is C25H24F2N4O2. The second kappa shape index (κ2) is 7.37. The number of ether oxygens (including phenoxy) is 1. The summed E-state index contributed by atoms with van der Waals surface area (Å²) in [6.07, 6.45) is 6.41. The minimum absolute atomic E-state index is 0.0309. The third kappa shape index (κ3) is 3.22. The summed E-state index contributed by atoms with van der Waals surface area (Å²) >= 11 is 0. The highest BCUT2D eigenvalue weighted by atomic mass is 19.1. The zero-order valence-electron chi connectivity index (χ0n) is 18.2. The normalized spacial score (nSPS) is 27.8. The van der Waals surface area contributed by atoms with E-state index in [1.165, 1.54) is 17.1 Å². The molecule has 1 amide bonds. The number of carbonyl (C=O) groups excluding carboxylic acids is 1. The minimum atomic E-state index is -0.643. The number of hydrazone groups is 1. The highest BCUT2D eigenvalue weighted by molar-refractivity contribution is 5.87. The van der Waals surface area contributed by atoms with E-state index in [0.717, 1.165) is 48.5 Å². The van der Waals surface area contributed by atoms with Crippen molar-refractivity contribution in [3.63, 3.8) is 0 Å². The number of aromatic nitrogens is 2. The molecule has 1 aromatic heterocycles. The van der Waals surface area contributed by atoms with Crippen molar-refractivity contribution in [3.05, 3.63) is 59.8 Å². The molecule has 2 unspecified atom stereocenters. The molecule has 0 spiro atoms. The molecule has 2 atom stereocenters. The summed E-state index contributed by atoms with van der Waals surface area (Å²) < 4.78 is 34.9. The maximum atomic E-state index is 13.8. The number of benzene rings is 2. The van der Waals surface area contributed by atoms with Crippen LogP contribution < -0.4 is 4.74 Å². The van der Waals surface area contributed by atoms with E-state index in [2.05, 4.69) is 10.2 Å². The van der Waals surface area contributed by atoms with Gasteiger partial charge in [-0.25, -0.2) is 13.8 Å². The van der Waals surface area contributed by atoms with Crippen LogP contribution in [-0.2, 0) is 11.3 Å². The quantitative estimate of drug-likeness (QED) is 0.566.